The van der Waals surface area contributed by atoms with E-state index >= 15 is 0 Å². The molecule has 1 aromatic rings. The summed E-state index contributed by atoms with van der Waals surface area (Å²) in [5.74, 6) is -0.847. The van der Waals surface area contributed by atoms with Crippen molar-refractivity contribution in [2.45, 2.75) is 33.8 Å². The highest BCUT2D eigenvalue weighted by Crippen LogP contribution is 2.34. The van der Waals surface area contributed by atoms with E-state index in [1.165, 1.54) is 0 Å². The minimum Gasteiger partial charge on any atom is -0.377 e. The zero-order valence-corrected chi connectivity index (χ0v) is 11.8. The summed E-state index contributed by atoms with van der Waals surface area (Å²) in [6, 6.07) is 3.82. The Labute approximate surface area is 113 Å². The van der Waals surface area contributed by atoms with Gasteiger partial charge in [0.1, 0.15) is 0 Å². The van der Waals surface area contributed by atoms with Crippen molar-refractivity contribution in [3.8, 4) is 0 Å². The van der Waals surface area contributed by atoms with Crippen molar-refractivity contribution in [3.63, 3.8) is 0 Å². The fourth-order valence-corrected chi connectivity index (χ4v) is 2.35. The van der Waals surface area contributed by atoms with Gasteiger partial charge >= 0.3 is 0 Å². The molecule has 0 fully saturated rings. The van der Waals surface area contributed by atoms with Gasteiger partial charge in [-0.1, -0.05) is 12.1 Å². The van der Waals surface area contributed by atoms with Crippen molar-refractivity contribution in [1.29, 1.82) is 0 Å². The van der Waals surface area contributed by atoms with E-state index in [1.54, 1.807) is 4.90 Å². The molecule has 1 heterocycles. The van der Waals surface area contributed by atoms with Gasteiger partial charge < -0.3 is 9.64 Å². The molecule has 102 valence electrons. The van der Waals surface area contributed by atoms with Crippen LogP contribution in [0.2, 0.25) is 0 Å². The number of aryl methyl sites for hydroxylation is 2. The number of hydrogen-bond acceptors (Lipinski definition) is 3. The van der Waals surface area contributed by atoms with Crippen LogP contribution in [0.1, 0.15) is 35.3 Å². The van der Waals surface area contributed by atoms with Crippen LogP contribution in [0.15, 0.2) is 12.1 Å². The van der Waals surface area contributed by atoms with E-state index in [4.69, 9.17) is 4.74 Å². The SMILES string of the molecule is Cc1ccc(C)c2c1C(=O)C(=O)N2CCOC(C)C. The summed E-state index contributed by atoms with van der Waals surface area (Å²) < 4.78 is 5.47. The Bertz CT molecular complexity index is 534. The molecule has 0 spiro atoms. The first-order chi connectivity index (χ1) is 8.93. The Morgan fingerprint density at radius 2 is 1.79 bits per heavy atom. The molecule has 0 aromatic heterocycles. The van der Waals surface area contributed by atoms with E-state index in [0.29, 0.717) is 18.7 Å². The average molecular weight is 261 g/mol. The third kappa shape index (κ3) is 2.40. The van der Waals surface area contributed by atoms with Gasteiger partial charge in [-0.3, -0.25) is 9.59 Å². The number of anilines is 1. The molecule has 4 heteroatoms. The summed E-state index contributed by atoms with van der Waals surface area (Å²) in [6.45, 7) is 8.52. The first-order valence-corrected chi connectivity index (χ1v) is 6.51. The molecule has 0 saturated heterocycles. The molecular formula is C15H19NO3. The molecule has 19 heavy (non-hydrogen) atoms. The molecule has 2 rings (SSSR count). The van der Waals surface area contributed by atoms with Crippen LogP contribution < -0.4 is 4.90 Å². The third-order valence-corrected chi connectivity index (χ3v) is 3.29. The normalized spacial score (nSPS) is 14.5. The molecule has 0 unspecified atom stereocenters. The van der Waals surface area contributed by atoms with E-state index in [0.717, 1.165) is 16.8 Å². The summed E-state index contributed by atoms with van der Waals surface area (Å²) in [5, 5.41) is 0. The van der Waals surface area contributed by atoms with Gasteiger partial charge in [0, 0.05) is 6.54 Å². The third-order valence-electron chi connectivity index (χ3n) is 3.29. The zero-order valence-electron chi connectivity index (χ0n) is 11.8. The van der Waals surface area contributed by atoms with Crippen LogP contribution in [0.5, 0.6) is 0 Å². The minimum absolute atomic E-state index is 0.117. The van der Waals surface area contributed by atoms with Crippen LogP contribution in [-0.4, -0.2) is 30.9 Å². The summed E-state index contributed by atoms with van der Waals surface area (Å²) >= 11 is 0. The van der Waals surface area contributed by atoms with Gasteiger partial charge in [0.15, 0.2) is 0 Å². The number of benzene rings is 1. The summed E-state index contributed by atoms with van der Waals surface area (Å²) in [4.78, 5) is 25.7. The van der Waals surface area contributed by atoms with Crippen LogP contribution in [0.25, 0.3) is 0 Å². The maximum Gasteiger partial charge on any atom is 0.299 e. The van der Waals surface area contributed by atoms with Crippen LogP contribution in [0, 0.1) is 13.8 Å². The molecular weight excluding hydrogens is 242 g/mol. The predicted octanol–water partition coefficient (Wildman–Crippen LogP) is 2.26. The molecule has 0 saturated carbocycles. The van der Waals surface area contributed by atoms with Crippen LogP contribution in [-0.2, 0) is 9.53 Å². The lowest BCUT2D eigenvalue weighted by atomic mass is 10.0. The largest absolute Gasteiger partial charge is 0.377 e. The predicted molar refractivity (Wildman–Crippen MR) is 73.7 cm³/mol. The van der Waals surface area contributed by atoms with Crippen molar-refractivity contribution in [3.05, 3.63) is 28.8 Å². The van der Waals surface area contributed by atoms with E-state index in [1.807, 2.05) is 39.8 Å². The number of Topliss-reactive ketones (excluding diaryl/α,β-unsaturated/α-hetero) is 1. The maximum absolute atomic E-state index is 12.1. The number of nitrogens with zero attached hydrogens (tertiary/aromatic N) is 1. The summed E-state index contributed by atoms with van der Waals surface area (Å²) in [5.41, 5.74) is 3.10. The monoisotopic (exact) mass is 261 g/mol. The van der Waals surface area contributed by atoms with Crippen molar-refractivity contribution in [1.82, 2.24) is 0 Å². The van der Waals surface area contributed by atoms with E-state index < -0.39 is 11.7 Å². The molecule has 0 radical (unpaired) electrons. The molecule has 0 atom stereocenters. The maximum atomic E-state index is 12.1. The lowest BCUT2D eigenvalue weighted by Gasteiger charge is -2.19. The Hall–Kier alpha value is -1.68. The number of rotatable bonds is 4. The van der Waals surface area contributed by atoms with E-state index in [-0.39, 0.29) is 6.10 Å². The van der Waals surface area contributed by atoms with Gasteiger partial charge in [0.05, 0.1) is 24.0 Å². The molecule has 1 aliphatic rings. The Morgan fingerprint density at radius 1 is 1.16 bits per heavy atom. The fourth-order valence-electron chi connectivity index (χ4n) is 2.35. The molecule has 0 aliphatic carbocycles. The van der Waals surface area contributed by atoms with Crippen molar-refractivity contribution >= 4 is 17.4 Å². The van der Waals surface area contributed by atoms with Gasteiger partial charge in [-0.05, 0) is 38.8 Å². The highest BCUT2D eigenvalue weighted by molar-refractivity contribution is 6.52. The second-order valence-electron chi connectivity index (χ2n) is 5.13. The van der Waals surface area contributed by atoms with Gasteiger partial charge in [-0.15, -0.1) is 0 Å². The van der Waals surface area contributed by atoms with Crippen LogP contribution in [0.4, 0.5) is 5.69 Å². The van der Waals surface area contributed by atoms with Crippen LogP contribution in [0.3, 0.4) is 0 Å². The van der Waals surface area contributed by atoms with Crippen molar-refractivity contribution in [2.24, 2.45) is 0 Å². The molecule has 1 aliphatic heterocycles. The van der Waals surface area contributed by atoms with E-state index in [9.17, 15) is 9.59 Å². The zero-order chi connectivity index (χ0) is 14.2. The second kappa shape index (κ2) is 5.13. The Balaban J connectivity index is 2.31. The fraction of sp³-hybridized carbons (Fsp3) is 0.467. The molecule has 1 aromatic carbocycles. The topological polar surface area (TPSA) is 46.6 Å². The number of ketones is 1. The van der Waals surface area contributed by atoms with Crippen LogP contribution >= 0.6 is 0 Å². The molecule has 0 N–H and O–H groups in total. The van der Waals surface area contributed by atoms with E-state index in [2.05, 4.69) is 0 Å². The lowest BCUT2D eigenvalue weighted by Crippen LogP contribution is -2.33. The second-order valence-corrected chi connectivity index (χ2v) is 5.13. The number of fused-ring (bicyclic) bond motifs is 1. The molecule has 1 amide bonds. The molecule has 0 bridgehead atoms. The quantitative estimate of drug-likeness (QED) is 0.781. The number of ether oxygens (including phenoxy) is 1. The van der Waals surface area contributed by atoms with Gasteiger partial charge in [-0.2, -0.15) is 0 Å². The number of carbonyl (C=O) groups excluding carboxylic acids is 2. The first-order valence-electron chi connectivity index (χ1n) is 6.51. The number of hydrogen-bond donors (Lipinski definition) is 0. The van der Waals surface area contributed by atoms with Gasteiger partial charge in [0.25, 0.3) is 11.7 Å². The lowest BCUT2D eigenvalue weighted by molar-refractivity contribution is -0.114. The highest BCUT2D eigenvalue weighted by Gasteiger charge is 2.37. The number of carbonyl (C=O) groups is 2. The van der Waals surface area contributed by atoms with Gasteiger partial charge in [-0.25, -0.2) is 0 Å². The standard InChI is InChI=1S/C15H19NO3/c1-9(2)19-8-7-16-13-11(4)6-5-10(3)12(13)14(17)15(16)18/h5-6,9H,7-8H2,1-4H3. The summed E-state index contributed by atoms with van der Waals surface area (Å²) in [7, 11) is 0. The average Bonchev–Trinajstić information content (AvgIpc) is 2.59. The Kier molecular flexibility index (Phi) is 3.71. The number of amides is 1. The van der Waals surface area contributed by atoms with Crippen molar-refractivity contribution in [2.75, 3.05) is 18.1 Å². The van der Waals surface area contributed by atoms with Crippen molar-refractivity contribution < 1.29 is 14.3 Å². The minimum atomic E-state index is -0.445. The highest BCUT2D eigenvalue weighted by atomic mass is 16.5. The first kappa shape index (κ1) is 13.7. The Morgan fingerprint density at radius 3 is 2.42 bits per heavy atom. The molecule has 4 nitrogen and oxygen atoms in total. The smallest absolute Gasteiger partial charge is 0.299 e. The van der Waals surface area contributed by atoms with Gasteiger partial charge in [0.2, 0.25) is 0 Å². The summed E-state index contributed by atoms with van der Waals surface area (Å²) in [6.07, 6.45) is 0.117.